The molecule has 4 heterocycles. The van der Waals surface area contributed by atoms with Crippen molar-refractivity contribution in [2.75, 3.05) is 0 Å². The Hall–Kier alpha value is -2.88. The van der Waals surface area contributed by atoms with Crippen LogP contribution in [-0.2, 0) is 0 Å². The van der Waals surface area contributed by atoms with Gasteiger partial charge in [0, 0.05) is 35.8 Å². The molecule has 0 saturated carbocycles. The molecule has 0 fully saturated rings. The van der Waals surface area contributed by atoms with E-state index in [1.807, 2.05) is 0 Å². The van der Waals surface area contributed by atoms with Gasteiger partial charge in [-0.15, -0.1) is 0 Å². The highest BCUT2D eigenvalue weighted by molar-refractivity contribution is 5.99. The van der Waals surface area contributed by atoms with E-state index in [-0.39, 0.29) is 11.5 Å². The van der Waals surface area contributed by atoms with Gasteiger partial charge in [0.05, 0.1) is 11.7 Å². The fraction of sp³-hybridized carbons (Fsp3) is 0.273. The molecular formula is C22H22N4. The Bertz CT molecular complexity index is 989. The Kier molecular flexibility index (Phi) is 3.00. The number of hydrogen-bond donors (Lipinski definition) is 0. The lowest BCUT2D eigenvalue weighted by atomic mass is 9.69. The van der Waals surface area contributed by atoms with E-state index < -0.39 is 0 Å². The topological polar surface area (TPSA) is 31.2 Å². The molecule has 26 heavy (non-hydrogen) atoms. The second kappa shape index (κ2) is 5.07. The average molecular weight is 342 g/mol. The lowest BCUT2D eigenvalue weighted by molar-refractivity contribution is 0.465. The highest BCUT2D eigenvalue weighted by Crippen LogP contribution is 2.48. The van der Waals surface area contributed by atoms with Gasteiger partial charge in [-0.05, 0) is 60.9 Å². The molecule has 0 aromatic heterocycles. The van der Waals surface area contributed by atoms with Gasteiger partial charge in [0.1, 0.15) is 11.7 Å². The molecule has 4 heteroatoms. The fourth-order valence-corrected chi connectivity index (χ4v) is 4.01. The molecule has 0 amide bonds. The first-order chi connectivity index (χ1) is 12.4. The quantitative estimate of drug-likeness (QED) is 0.652. The number of aliphatic imine (C=N–C) groups is 2. The monoisotopic (exact) mass is 342 g/mol. The third-order valence-corrected chi connectivity index (χ3v) is 5.60. The Morgan fingerprint density at radius 2 is 1.58 bits per heavy atom. The van der Waals surface area contributed by atoms with Crippen molar-refractivity contribution in [2.24, 2.45) is 15.4 Å². The van der Waals surface area contributed by atoms with Crippen molar-refractivity contribution in [2.45, 2.75) is 33.7 Å². The molecule has 0 spiro atoms. The minimum absolute atomic E-state index is 0.0408. The number of hydrogen-bond acceptors (Lipinski definition) is 4. The molecule has 1 atom stereocenters. The number of rotatable bonds is 0. The van der Waals surface area contributed by atoms with Gasteiger partial charge in [0.2, 0.25) is 0 Å². The maximum absolute atomic E-state index is 5.01. The summed E-state index contributed by atoms with van der Waals surface area (Å²) in [5, 5.41) is 0. The lowest BCUT2D eigenvalue weighted by Crippen LogP contribution is -2.39. The summed E-state index contributed by atoms with van der Waals surface area (Å²) in [5.74, 6) is 1.98. The van der Waals surface area contributed by atoms with E-state index in [0.717, 1.165) is 17.4 Å². The molecule has 4 nitrogen and oxygen atoms in total. The minimum atomic E-state index is -0.132. The lowest BCUT2D eigenvalue weighted by Gasteiger charge is -2.43. The summed E-state index contributed by atoms with van der Waals surface area (Å²) < 4.78 is 0. The molecule has 4 aliphatic heterocycles. The molecule has 0 bridgehead atoms. The molecule has 130 valence electrons. The van der Waals surface area contributed by atoms with Crippen LogP contribution in [0.5, 0.6) is 0 Å². The smallest absolute Gasteiger partial charge is 0.137 e. The van der Waals surface area contributed by atoms with Crippen molar-refractivity contribution in [3.63, 3.8) is 0 Å². The van der Waals surface area contributed by atoms with E-state index in [1.54, 1.807) is 0 Å². The first kappa shape index (κ1) is 15.4. The Morgan fingerprint density at radius 3 is 2.31 bits per heavy atom. The standard InChI is InChI=1S/C22H22N4/c1-14-5-7-25-12-16-18(23-20(25)9-14)11-19-17(22(16,3)4)13-26-8-6-15(2)10-21(26)24-19/h5-13,18H,1-4H3. The van der Waals surface area contributed by atoms with E-state index in [2.05, 4.69) is 92.7 Å². The van der Waals surface area contributed by atoms with Crippen LogP contribution in [0.3, 0.4) is 0 Å². The van der Waals surface area contributed by atoms with Crippen LogP contribution in [0.25, 0.3) is 0 Å². The second-order valence-corrected chi connectivity index (χ2v) is 7.93. The van der Waals surface area contributed by atoms with Crippen LogP contribution in [0.1, 0.15) is 27.7 Å². The van der Waals surface area contributed by atoms with E-state index >= 15 is 0 Å². The van der Waals surface area contributed by atoms with Gasteiger partial charge in [0.25, 0.3) is 0 Å². The van der Waals surface area contributed by atoms with Crippen molar-refractivity contribution < 1.29 is 0 Å². The number of nitrogens with zero attached hydrogens (tertiary/aromatic N) is 4. The van der Waals surface area contributed by atoms with E-state index in [4.69, 9.17) is 9.98 Å². The van der Waals surface area contributed by atoms with Crippen molar-refractivity contribution in [1.29, 1.82) is 0 Å². The summed E-state index contributed by atoms with van der Waals surface area (Å²) in [6.45, 7) is 8.75. The molecule has 5 aliphatic rings. The van der Waals surface area contributed by atoms with Crippen LogP contribution in [-0.4, -0.2) is 27.5 Å². The first-order valence-corrected chi connectivity index (χ1v) is 9.05. The summed E-state index contributed by atoms with van der Waals surface area (Å²) >= 11 is 0. The van der Waals surface area contributed by atoms with Crippen molar-refractivity contribution in [3.8, 4) is 0 Å². The summed E-state index contributed by atoms with van der Waals surface area (Å²) in [5.41, 5.74) is 5.91. The van der Waals surface area contributed by atoms with Crippen molar-refractivity contribution >= 4 is 11.7 Å². The van der Waals surface area contributed by atoms with Crippen LogP contribution in [0.2, 0.25) is 0 Å². The molecule has 0 radical (unpaired) electrons. The summed E-state index contributed by atoms with van der Waals surface area (Å²) in [6, 6.07) is 0.0408. The van der Waals surface area contributed by atoms with Gasteiger partial charge in [-0.2, -0.15) is 0 Å². The van der Waals surface area contributed by atoms with E-state index in [1.165, 1.54) is 22.3 Å². The predicted octanol–water partition coefficient (Wildman–Crippen LogP) is 4.42. The van der Waals surface area contributed by atoms with Crippen molar-refractivity contribution in [1.82, 2.24) is 9.80 Å². The Balaban J connectivity index is 1.65. The van der Waals surface area contributed by atoms with Gasteiger partial charge in [-0.25, -0.2) is 4.99 Å². The molecule has 0 aromatic carbocycles. The van der Waals surface area contributed by atoms with Gasteiger partial charge in [-0.3, -0.25) is 4.99 Å². The van der Waals surface area contributed by atoms with E-state index in [9.17, 15) is 0 Å². The van der Waals surface area contributed by atoms with Crippen LogP contribution in [0.15, 0.2) is 93.2 Å². The van der Waals surface area contributed by atoms with Crippen LogP contribution < -0.4 is 0 Å². The van der Waals surface area contributed by atoms with Crippen LogP contribution >= 0.6 is 0 Å². The van der Waals surface area contributed by atoms with Crippen LogP contribution in [0, 0.1) is 5.41 Å². The minimum Gasteiger partial charge on any atom is -0.309 e. The molecular weight excluding hydrogens is 320 g/mol. The zero-order valence-corrected chi connectivity index (χ0v) is 15.6. The number of fused-ring (bicyclic) bond motifs is 4. The molecule has 5 rings (SSSR count). The van der Waals surface area contributed by atoms with E-state index in [0.29, 0.717) is 0 Å². The van der Waals surface area contributed by atoms with Gasteiger partial charge in [-0.1, -0.05) is 13.8 Å². The molecule has 0 saturated heterocycles. The third-order valence-electron chi connectivity index (χ3n) is 5.60. The zero-order valence-electron chi connectivity index (χ0n) is 15.6. The largest absolute Gasteiger partial charge is 0.309 e. The second-order valence-electron chi connectivity index (χ2n) is 7.93. The highest BCUT2D eigenvalue weighted by Gasteiger charge is 2.42. The maximum atomic E-state index is 5.01. The van der Waals surface area contributed by atoms with Crippen LogP contribution in [0.4, 0.5) is 0 Å². The van der Waals surface area contributed by atoms with Crippen molar-refractivity contribution in [3.05, 3.63) is 83.2 Å². The normalized spacial score (nSPS) is 27.5. The Labute approximate surface area is 154 Å². The fourth-order valence-electron chi connectivity index (χ4n) is 4.01. The zero-order chi connectivity index (χ0) is 18.1. The molecule has 1 unspecified atom stereocenters. The third kappa shape index (κ3) is 2.15. The SMILES string of the molecule is CC1=CC2=NC3=CC4N=C5C=C(C)C=CN5C=C4C(C)(C)C3=CN2C=C1. The van der Waals surface area contributed by atoms with Gasteiger partial charge < -0.3 is 9.80 Å². The molecule has 1 aliphatic carbocycles. The summed E-state index contributed by atoms with van der Waals surface area (Å²) in [6.07, 6.45) is 19.4. The molecule has 0 aromatic rings. The van der Waals surface area contributed by atoms with Gasteiger partial charge in [0.15, 0.2) is 0 Å². The number of amidine groups is 2. The molecule has 0 N–H and O–H groups in total. The predicted molar refractivity (Wildman–Crippen MR) is 106 cm³/mol. The summed E-state index contributed by atoms with van der Waals surface area (Å²) in [4.78, 5) is 14.2. The summed E-state index contributed by atoms with van der Waals surface area (Å²) in [7, 11) is 0. The highest BCUT2D eigenvalue weighted by atomic mass is 15.2. The maximum Gasteiger partial charge on any atom is 0.137 e. The number of allylic oxidation sites excluding steroid dienone is 5. The first-order valence-electron chi connectivity index (χ1n) is 9.05. The van der Waals surface area contributed by atoms with Gasteiger partial charge >= 0.3 is 0 Å². The Morgan fingerprint density at radius 1 is 0.923 bits per heavy atom. The average Bonchev–Trinajstić information content (AvgIpc) is 2.59.